The molecular formula is C13H16N6OS. The Kier molecular flexibility index (Phi) is 4.94. The molecule has 8 heteroatoms. The predicted octanol–water partition coefficient (Wildman–Crippen LogP) is 1.47. The number of carbonyl (C=O) groups excluding carboxylic acids is 1. The van der Waals surface area contributed by atoms with Gasteiger partial charge in [-0.25, -0.2) is 15.0 Å². The van der Waals surface area contributed by atoms with Crippen molar-refractivity contribution in [2.45, 2.75) is 18.5 Å². The molecular weight excluding hydrogens is 288 g/mol. The fourth-order valence-electron chi connectivity index (χ4n) is 1.51. The van der Waals surface area contributed by atoms with E-state index >= 15 is 0 Å². The van der Waals surface area contributed by atoms with Crippen molar-refractivity contribution in [2.75, 3.05) is 22.5 Å². The molecule has 2 aromatic heterocycles. The topological polar surface area (TPSA) is 120 Å². The largest absolute Gasteiger partial charge is 0.383 e. The van der Waals surface area contributed by atoms with Crippen molar-refractivity contribution in [3.8, 4) is 0 Å². The number of thioether (sulfide) groups is 1. The maximum atomic E-state index is 11.8. The lowest BCUT2D eigenvalue weighted by molar-refractivity contribution is -0.115. The van der Waals surface area contributed by atoms with Crippen molar-refractivity contribution in [2.24, 2.45) is 0 Å². The molecule has 21 heavy (non-hydrogen) atoms. The Morgan fingerprint density at radius 1 is 1.29 bits per heavy atom. The quantitative estimate of drug-likeness (QED) is 0.565. The summed E-state index contributed by atoms with van der Waals surface area (Å²) in [5, 5.41) is 3.19. The third-order valence-electron chi connectivity index (χ3n) is 2.48. The zero-order chi connectivity index (χ0) is 15.2. The average Bonchev–Trinajstić information content (AvgIpc) is 2.40. The van der Waals surface area contributed by atoms with Crippen LogP contribution in [0.1, 0.15) is 12.0 Å². The Morgan fingerprint density at radius 3 is 2.62 bits per heavy atom. The van der Waals surface area contributed by atoms with Gasteiger partial charge in [-0.05, 0) is 18.6 Å². The van der Waals surface area contributed by atoms with Crippen molar-refractivity contribution in [1.82, 2.24) is 15.0 Å². The van der Waals surface area contributed by atoms with Gasteiger partial charge in [0.1, 0.15) is 17.5 Å². The summed E-state index contributed by atoms with van der Waals surface area (Å²) in [6.45, 7) is 1.94. The van der Waals surface area contributed by atoms with Crippen LogP contribution in [0.5, 0.6) is 0 Å². The average molecular weight is 304 g/mol. The Morgan fingerprint density at radius 2 is 2.00 bits per heavy atom. The fraction of sp³-hybridized carbons (Fsp3) is 0.231. The van der Waals surface area contributed by atoms with Gasteiger partial charge in [-0.3, -0.25) is 4.79 Å². The van der Waals surface area contributed by atoms with Crippen molar-refractivity contribution in [3.05, 3.63) is 30.0 Å². The van der Waals surface area contributed by atoms with E-state index in [2.05, 4.69) is 20.3 Å². The number of pyridine rings is 1. The molecule has 0 saturated carbocycles. The molecule has 0 unspecified atom stereocenters. The van der Waals surface area contributed by atoms with Crippen molar-refractivity contribution in [3.63, 3.8) is 0 Å². The lowest BCUT2D eigenvalue weighted by Crippen LogP contribution is -2.13. The highest BCUT2D eigenvalue weighted by molar-refractivity contribution is 7.99. The molecule has 1 amide bonds. The molecule has 0 radical (unpaired) electrons. The van der Waals surface area contributed by atoms with E-state index in [9.17, 15) is 4.79 Å². The molecule has 0 saturated heterocycles. The Labute approximate surface area is 126 Å². The van der Waals surface area contributed by atoms with Crippen LogP contribution in [-0.4, -0.2) is 26.6 Å². The summed E-state index contributed by atoms with van der Waals surface area (Å²) in [5.74, 6) is 1.59. The summed E-state index contributed by atoms with van der Waals surface area (Å²) in [6.07, 6.45) is 2.02. The van der Waals surface area contributed by atoms with Crippen LogP contribution >= 0.6 is 11.8 Å². The van der Waals surface area contributed by atoms with Crippen molar-refractivity contribution in [1.29, 1.82) is 0 Å². The van der Waals surface area contributed by atoms with Gasteiger partial charge in [0.2, 0.25) is 5.91 Å². The van der Waals surface area contributed by atoms with Crippen LogP contribution in [0.4, 0.5) is 17.5 Å². The third kappa shape index (κ3) is 4.92. The summed E-state index contributed by atoms with van der Waals surface area (Å²) in [6, 6.07) is 5.14. The van der Waals surface area contributed by atoms with Crippen LogP contribution in [0.25, 0.3) is 0 Å². The Balaban J connectivity index is 1.80. The second-order valence-electron chi connectivity index (χ2n) is 4.37. The maximum Gasteiger partial charge on any atom is 0.226 e. The molecule has 0 fully saturated rings. The Hall–Kier alpha value is -2.35. The molecule has 0 aliphatic carbocycles. The maximum absolute atomic E-state index is 11.8. The third-order valence-corrected chi connectivity index (χ3v) is 3.33. The number of rotatable bonds is 5. The summed E-state index contributed by atoms with van der Waals surface area (Å²) in [5.41, 5.74) is 12.2. The number of aromatic nitrogens is 3. The molecule has 0 bridgehead atoms. The first kappa shape index (κ1) is 15.0. The molecule has 0 aromatic carbocycles. The lowest BCUT2D eigenvalue weighted by Gasteiger charge is -2.05. The number of amides is 1. The predicted molar refractivity (Wildman–Crippen MR) is 83.8 cm³/mol. The molecule has 110 valence electrons. The first-order valence-electron chi connectivity index (χ1n) is 6.28. The summed E-state index contributed by atoms with van der Waals surface area (Å²) < 4.78 is 0. The van der Waals surface area contributed by atoms with Crippen molar-refractivity contribution >= 4 is 35.1 Å². The van der Waals surface area contributed by atoms with Gasteiger partial charge in [0.15, 0.2) is 5.16 Å². The standard InChI is InChI=1S/C13H16N6OS/c1-8-2-3-11(16-7-8)19-12(20)4-5-21-13-17-9(14)6-10(15)18-13/h2-3,6-7H,4-5H2,1H3,(H,16,19,20)(H4,14,15,17,18). The number of anilines is 3. The number of hydrogen-bond acceptors (Lipinski definition) is 7. The second-order valence-corrected chi connectivity index (χ2v) is 5.43. The number of carbonyl (C=O) groups is 1. The summed E-state index contributed by atoms with van der Waals surface area (Å²) in [4.78, 5) is 23.9. The van der Waals surface area contributed by atoms with Gasteiger partial charge in [0, 0.05) is 24.4 Å². The van der Waals surface area contributed by atoms with E-state index < -0.39 is 0 Å². The molecule has 0 aliphatic rings. The fourth-order valence-corrected chi connectivity index (χ4v) is 2.32. The zero-order valence-electron chi connectivity index (χ0n) is 11.5. The molecule has 0 aliphatic heterocycles. The highest BCUT2D eigenvalue weighted by Crippen LogP contribution is 2.17. The number of hydrogen-bond donors (Lipinski definition) is 3. The van der Waals surface area contributed by atoms with Gasteiger partial charge >= 0.3 is 0 Å². The molecule has 2 rings (SSSR count). The number of nitrogen functional groups attached to an aromatic ring is 2. The van der Waals surface area contributed by atoms with E-state index in [0.717, 1.165) is 5.56 Å². The minimum Gasteiger partial charge on any atom is -0.383 e. The molecule has 0 spiro atoms. The highest BCUT2D eigenvalue weighted by Gasteiger charge is 2.06. The second kappa shape index (κ2) is 6.89. The minimum absolute atomic E-state index is 0.115. The number of nitrogens with one attached hydrogen (secondary N) is 1. The highest BCUT2D eigenvalue weighted by atomic mass is 32.2. The number of nitrogens with zero attached hydrogens (tertiary/aromatic N) is 3. The van der Waals surface area contributed by atoms with E-state index in [1.54, 1.807) is 12.3 Å². The van der Waals surface area contributed by atoms with Crippen LogP contribution in [0.2, 0.25) is 0 Å². The van der Waals surface area contributed by atoms with Crippen LogP contribution in [0.3, 0.4) is 0 Å². The van der Waals surface area contributed by atoms with Gasteiger partial charge in [-0.1, -0.05) is 17.8 Å². The first-order valence-corrected chi connectivity index (χ1v) is 7.27. The minimum atomic E-state index is -0.115. The van der Waals surface area contributed by atoms with Gasteiger partial charge in [0.05, 0.1) is 0 Å². The van der Waals surface area contributed by atoms with Gasteiger partial charge in [0.25, 0.3) is 0 Å². The Bertz CT molecular complexity index is 611. The molecule has 5 N–H and O–H groups in total. The van der Waals surface area contributed by atoms with Crippen LogP contribution in [-0.2, 0) is 4.79 Å². The van der Waals surface area contributed by atoms with Crippen LogP contribution < -0.4 is 16.8 Å². The normalized spacial score (nSPS) is 10.3. The number of aryl methyl sites for hydroxylation is 1. The van der Waals surface area contributed by atoms with Crippen molar-refractivity contribution < 1.29 is 4.79 Å². The molecule has 0 atom stereocenters. The van der Waals surface area contributed by atoms with Gasteiger partial charge in [-0.15, -0.1) is 0 Å². The smallest absolute Gasteiger partial charge is 0.226 e. The molecule has 2 heterocycles. The van der Waals surface area contributed by atoms with E-state index in [-0.39, 0.29) is 5.91 Å². The van der Waals surface area contributed by atoms with E-state index in [0.29, 0.717) is 34.8 Å². The molecule has 2 aromatic rings. The van der Waals surface area contributed by atoms with E-state index in [1.807, 2.05) is 13.0 Å². The van der Waals surface area contributed by atoms with Crippen LogP contribution in [0.15, 0.2) is 29.6 Å². The lowest BCUT2D eigenvalue weighted by atomic mass is 10.3. The van der Waals surface area contributed by atoms with Crippen LogP contribution in [0, 0.1) is 6.92 Å². The number of nitrogens with two attached hydrogens (primary N) is 2. The summed E-state index contributed by atoms with van der Waals surface area (Å²) in [7, 11) is 0. The zero-order valence-corrected chi connectivity index (χ0v) is 12.4. The monoisotopic (exact) mass is 304 g/mol. The summed E-state index contributed by atoms with van der Waals surface area (Å²) >= 11 is 1.33. The van der Waals surface area contributed by atoms with E-state index in [1.165, 1.54) is 17.8 Å². The first-order chi connectivity index (χ1) is 10.0. The van der Waals surface area contributed by atoms with E-state index in [4.69, 9.17) is 11.5 Å². The van der Waals surface area contributed by atoms with Gasteiger partial charge < -0.3 is 16.8 Å². The van der Waals surface area contributed by atoms with Gasteiger partial charge in [-0.2, -0.15) is 0 Å². The molecule has 7 nitrogen and oxygen atoms in total. The SMILES string of the molecule is Cc1ccc(NC(=O)CCSc2nc(N)cc(N)n2)nc1.